The Bertz CT molecular complexity index is 888. The number of Topliss-reactive ketones (excluding diaryl/α,β-unsaturated/α-hetero) is 1. The number of amides is 1. The maximum absolute atomic E-state index is 12.4. The average molecular weight is 399 g/mol. The summed E-state index contributed by atoms with van der Waals surface area (Å²) in [6, 6.07) is 12.3. The van der Waals surface area contributed by atoms with E-state index in [4.69, 9.17) is 14.6 Å². The zero-order valence-electron chi connectivity index (χ0n) is 16.0. The van der Waals surface area contributed by atoms with E-state index in [1.165, 1.54) is 38.3 Å². The van der Waals surface area contributed by atoms with Crippen LogP contribution in [0.15, 0.2) is 48.5 Å². The second kappa shape index (κ2) is 10.0. The van der Waals surface area contributed by atoms with Crippen LogP contribution >= 0.6 is 0 Å². The van der Waals surface area contributed by atoms with Crippen LogP contribution in [0.25, 0.3) is 0 Å². The first-order valence-corrected chi connectivity index (χ1v) is 8.81. The van der Waals surface area contributed by atoms with Gasteiger partial charge in [0.15, 0.2) is 6.10 Å². The largest absolute Gasteiger partial charge is 0.497 e. The Morgan fingerprint density at radius 1 is 0.931 bits per heavy atom. The summed E-state index contributed by atoms with van der Waals surface area (Å²) in [5.41, 5.74) is 1.02. The van der Waals surface area contributed by atoms with Crippen LogP contribution in [0.5, 0.6) is 5.75 Å². The number of nitrogens with one attached hydrogen (secondary N) is 1. The van der Waals surface area contributed by atoms with E-state index in [-0.39, 0.29) is 24.2 Å². The maximum Gasteiger partial charge on any atom is 0.338 e. The number of benzene rings is 2. The van der Waals surface area contributed by atoms with Gasteiger partial charge in [0.2, 0.25) is 11.7 Å². The quantitative estimate of drug-likeness (QED) is 0.491. The molecule has 0 aliphatic heterocycles. The molecule has 0 spiro atoms. The number of methoxy groups -OCH3 is 1. The van der Waals surface area contributed by atoms with Crippen LogP contribution in [0, 0.1) is 0 Å². The fourth-order valence-corrected chi connectivity index (χ4v) is 2.41. The molecule has 0 saturated carbocycles. The van der Waals surface area contributed by atoms with Crippen molar-refractivity contribution in [1.82, 2.24) is 0 Å². The first-order valence-electron chi connectivity index (χ1n) is 8.81. The van der Waals surface area contributed by atoms with Gasteiger partial charge in [0.05, 0.1) is 19.1 Å². The molecule has 0 unspecified atom stereocenters. The summed E-state index contributed by atoms with van der Waals surface area (Å²) >= 11 is 0. The summed E-state index contributed by atoms with van der Waals surface area (Å²) < 4.78 is 10.3. The molecule has 0 aliphatic carbocycles. The van der Waals surface area contributed by atoms with Gasteiger partial charge in [-0.25, -0.2) is 4.79 Å². The van der Waals surface area contributed by atoms with E-state index in [9.17, 15) is 19.2 Å². The molecular formula is C21H21NO7. The molecule has 2 aromatic carbocycles. The Morgan fingerprint density at radius 3 is 2.07 bits per heavy atom. The van der Waals surface area contributed by atoms with Crippen LogP contribution < -0.4 is 10.1 Å². The number of esters is 1. The Labute approximate surface area is 167 Å². The van der Waals surface area contributed by atoms with E-state index < -0.39 is 23.9 Å². The molecule has 8 nitrogen and oxygen atoms in total. The standard InChI is InChI=1S/C21H21NO7/c1-13(20(26)14-5-9-17(28-2)10-6-14)29-21(27)15-3-7-16(8-4-15)22-18(23)11-12-19(24)25/h3-10,13H,11-12H2,1-2H3,(H,22,23)(H,24,25)/t13-/m1/s1. The predicted octanol–water partition coefficient (Wildman–Crippen LogP) is 2.93. The molecule has 0 aromatic heterocycles. The van der Waals surface area contributed by atoms with E-state index in [1.807, 2.05) is 0 Å². The average Bonchev–Trinajstić information content (AvgIpc) is 2.72. The van der Waals surface area contributed by atoms with Crippen LogP contribution in [0.3, 0.4) is 0 Å². The van der Waals surface area contributed by atoms with Gasteiger partial charge in [0, 0.05) is 17.7 Å². The Kier molecular flexibility index (Phi) is 7.47. The lowest BCUT2D eigenvalue weighted by Gasteiger charge is -2.13. The third-order valence-corrected chi connectivity index (χ3v) is 4.00. The first kappa shape index (κ1) is 21.6. The van der Waals surface area contributed by atoms with Crippen molar-refractivity contribution in [2.75, 3.05) is 12.4 Å². The van der Waals surface area contributed by atoms with Gasteiger partial charge in [-0.05, 0) is 55.5 Å². The van der Waals surface area contributed by atoms with Crippen molar-refractivity contribution in [3.8, 4) is 5.75 Å². The lowest BCUT2D eigenvalue weighted by Crippen LogP contribution is -2.24. The molecule has 1 atom stereocenters. The van der Waals surface area contributed by atoms with Gasteiger partial charge < -0.3 is 19.9 Å². The number of ketones is 1. The van der Waals surface area contributed by atoms with Crippen LogP contribution in [0.4, 0.5) is 5.69 Å². The van der Waals surface area contributed by atoms with Gasteiger partial charge >= 0.3 is 11.9 Å². The van der Waals surface area contributed by atoms with Crippen LogP contribution in [-0.4, -0.2) is 41.9 Å². The number of rotatable bonds is 9. The lowest BCUT2D eigenvalue weighted by atomic mass is 10.1. The monoisotopic (exact) mass is 399 g/mol. The molecule has 0 fully saturated rings. The summed E-state index contributed by atoms with van der Waals surface area (Å²) in [7, 11) is 1.52. The molecule has 2 aromatic rings. The second-order valence-electron chi connectivity index (χ2n) is 6.16. The highest BCUT2D eigenvalue weighted by Crippen LogP contribution is 2.16. The second-order valence-corrected chi connectivity index (χ2v) is 6.16. The fourth-order valence-electron chi connectivity index (χ4n) is 2.41. The molecule has 0 bridgehead atoms. The number of hydrogen-bond acceptors (Lipinski definition) is 6. The number of anilines is 1. The zero-order valence-corrected chi connectivity index (χ0v) is 16.0. The zero-order chi connectivity index (χ0) is 21.4. The molecule has 8 heteroatoms. The summed E-state index contributed by atoms with van der Waals surface area (Å²) in [6.07, 6.45) is -1.40. The van der Waals surface area contributed by atoms with E-state index in [2.05, 4.69) is 5.32 Å². The molecule has 2 N–H and O–H groups in total. The number of hydrogen-bond donors (Lipinski definition) is 2. The van der Waals surface area contributed by atoms with Gasteiger partial charge in [-0.3, -0.25) is 14.4 Å². The molecular weight excluding hydrogens is 378 g/mol. The number of carboxylic acid groups (broad SMARTS) is 1. The number of carbonyl (C=O) groups is 4. The van der Waals surface area contributed by atoms with Crippen molar-refractivity contribution >= 4 is 29.3 Å². The Morgan fingerprint density at radius 2 is 1.52 bits per heavy atom. The molecule has 0 saturated heterocycles. The normalized spacial score (nSPS) is 11.2. The van der Waals surface area contributed by atoms with Crippen molar-refractivity contribution in [2.24, 2.45) is 0 Å². The SMILES string of the molecule is COc1ccc(C(=O)[C@@H](C)OC(=O)c2ccc(NC(=O)CCC(=O)O)cc2)cc1. The van der Waals surface area contributed by atoms with Gasteiger partial charge in [0.1, 0.15) is 5.75 Å². The van der Waals surface area contributed by atoms with Gasteiger partial charge in [-0.2, -0.15) is 0 Å². The minimum Gasteiger partial charge on any atom is -0.497 e. The van der Waals surface area contributed by atoms with E-state index >= 15 is 0 Å². The summed E-state index contributed by atoms with van der Waals surface area (Å²) in [4.78, 5) is 46.7. The number of carbonyl (C=O) groups excluding carboxylic acids is 3. The maximum atomic E-state index is 12.4. The molecule has 2 rings (SSSR count). The smallest absolute Gasteiger partial charge is 0.338 e. The molecule has 0 radical (unpaired) electrons. The minimum atomic E-state index is -1.06. The van der Waals surface area contributed by atoms with Crippen molar-refractivity contribution in [3.05, 3.63) is 59.7 Å². The van der Waals surface area contributed by atoms with Crippen molar-refractivity contribution in [3.63, 3.8) is 0 Å². The molecule has 1 amide bonds. The Hall–Kier alpha value is -3.68. The van der Waals surface area contributed by atoms with Gasteiger partial charge in [-0.1, -0.05) is 0 Å². The van der Waals surface area contributed by atoms with Crippen LogP contribution in [-0.2, 0) is 14.3 Å². The van der Waals surface area contributed by atoms with Gasteiger partial charge in [0.25, 0.3) is 0 Å². The molecule has 0 heterocycles. The summed E-state index contributed by atoms with van der Waals surface area (Å²) in [6.45, 7) is 1.49. The van der Waals surface area contributed by atoms with E-state index in [0.29, 0.717) is 17.0 Å². The topological polar surface area (TPSA) is 119 Å². The predicted molar refractivity (Wildman–Crippen MR) is 104 cm³/mol. The summed E-state index contributed by atoms with van der Waals surface area (Å²) in [5.74, 6) is -1.91. The molecule has 29 heavy (non-hydrogen) atoms. The highest BCUT2D eigenvalue weighted by molar-refractivity contribution is 6.01. The number of carboxylic acids is 1. The van der Waals surface area contributed by atoms with Gasteiger partial charge in [-0.15, -0.1) is 0 Å². The highest BCUT2D eigenvalue weighted by Gasteiger charge is 2.20. The first-order chi connectivity index (χ1) is 13.8. The highest BCUT2D eigenvalue weighted by atomic mass is 16.5. The molecule has 152 valence electrons. The molecule has 0 aliphatic rings. The van der Waals surface area contributed by atoms with E-state index in [1.54, 1.807) is 24.3 Å². The number of aliphatic carboxylic acids is 1. The minimum absolute atomic E-state index is 0.149. The van der Waals surface area contributed by atoms with E-state index in [0.717, 1.165) is 0 Å². The lowest BCUT2D eigenvalue weighted by molar-refractivity contribution is -0.138. The van der Waals surface area contributed by atoms with Crippen LogP contribution in [0.2, 0.25) is 0 Å². The third-order valence-electron chi connectivity index (χ3n) is 4.00. The van der Waals surface area contributed by atoms with Crippen molar-refractivity contribution in [2.45, 2.75) is 25.9 Å². The van der Waals surface area contributed by atoms with Crippen molar-refractivity contribution in [1.29, 1.82) is 0 Å². The van der Waals surface area contributed by atoms with Crippen LogP contribution in [0.1, 0.15) is 40.5 Å². The number of ether oxygens (including phenoxy) is 2. The third kappa shape index (κ3) is 6.46. The Balaban J connectivity index is 1.93. The fraction of sp³-hybridized carbons (Fsp3) is 0.238. The summed E-state index contributed by atoms with van der Waals surface area (Å²) in [5, 5.41) is 11.1. The van der Waals surface area contributed by atoms with Crippen molar-refractivity contribution < 1.29 is 33.8 Å².